The maximum atomic E-state index is 11.5. The molecule has 19 heavy (non-hydrogen) atoms. The van der Waals surface area contributed by atoms with Crippen molar-refractivity contribution in [1.82, 2.24) is 10.2 Å². The van der Waals surface area contributed by atoms with Crippen LogP contribution < -0.4 is 5.32 Å². The third-order valence-corrected chi connectivity index (χ3v) is 2.69. The Labute approximate surface area is 115 Å². The van der Waals surface area contributed by atoms with Gasteiger partial charge in [-0.3, -0.25) is 0 Å². The molecule has 2 rings (SSSR count). The molecule has 3 heteroatoms. The number of aryl methyl sites for hydroxylation is 1. The van der Waals surface area contributed by atoms with Crippen LogP contribution in [-0.2, 0) is 6.42 Å². The highest BCUT2D eigenvalue weighted by molar-refractivity contribution is 5.79. The van der Waals surface area contributed by atoms with Crippen LogP contribution in [0.25, 0.3) is 0 Å². The van der Waals surface area contributed by atoms with Crippen LogP contribution in [0, 0.1) is 0 Å². The molecule has 0 bridgehead atoms. The molecule has 0 unspecified atom stereocenters. The van der Waals surface area contributed by atoms with E-state index >= 15 is 0 Å². The van der Waals surface area contributed by atoms with Crippen LogP contribution in [0.1, 0.15) is 25.8 Å². The van der Waals surface area contributed by atoms with Gasteiger partial charge in [0.25, 0.3) is 0 Å². The molecule has 1 heterocycles. The fourth-order valence-corrected chi connectivity index (χ4v) is 1.77. The maximum absolute atomic E-state index is 11.5. The van der Waals surface area contributed by atoms with Crippen LogP contribution in [0.4, 0.5) is 4.79 Å². The minimum atomic E-state index is -0.0921. The average Bonchev–Trinajstić information content (AvgIpc) is 2.45. The summed E-state index contributed by atoms with van der Waals surface area (Å²) in [5.41, 5.74) is 1.95. The first kappa shape index (κ1) is 15.0. The lowest BCUT2D eigenvalue weighted by Gasteiger charge is -2.23. The Hall–Kier alpha value is -2.03. The second-order valence-corrected chi connectivity index (χ2v) is 4.05. The summed E-state index contributed by atoms with van der Waals surface area (Å²) in [6.07, 6.45) is 5.53. The summed E-state index contributed by atoms with van der Waals surface area (Å²) >= 11 is 0. The Bertz CT molecular complexity index is 437. The molecule has 0 atom stereocenters. The summed E-state index contributed by atoms with van der Waals surface area (Å²) in [5, 5.41) is 2.68. The van der Waals surface area contributed by atoms with Crippen molar-refractivity contribution < 1.29 is 4.79 Å². The van der Waals surface area contributed by atoms with E-state index in [0.29, 0.717) is 5.70 Å². The highest BCUT2D eigenvalue weighted by Gasteiger charge is 2.14. The Kier molecular flexibility index (Phi) is 6.44. The van der Waals surface area contributed by atoms with E-state index in [9.17, 15) is 4.79 Å². The van der Waals surface area contributed by atoms with E-state index in [4.69, 9.17) is 0 Å². The molecule has 1 aromatic carbocycles. The van der Waals surface area contributed by atoms with Gasteiger partial charge < -0.3 is 10.2 Å². The van der Waals surface area contributed by atoms with Gasteiger partial charge in [-0.1, -0.05) is 50.8 Å². The Balaban J connectivity index is 0.000000861. The molecule has 1 aliphatic heterocycles. The number of hydrogen-bond acceptors (Lipinski definition) is 1. The minimum Gasteiger partial charge on any atom is -0.308 e. The van der Waals surface area contributed by atoms with Crippen molar-refractivity contribution in [3.63, 3.8) is 0 Å². The molecule has 0 saturated heterocycles. The average molecular weight is 258 g/mol. The summed E-state index contributed by atoms with van der Waals surface area (Å²) in [5.74, 6) is 0. The topological polar surface area (TPSA) is 32.3 Å². The predicted molar refractivity (Wildman–Crippen MR) is 79.6 cm³/mol. The van der Waals surface area contributed by atoms with Gasteiger partial charge in [0.1, 0.15) is 0 Å². The summed E-state index contributed by atoms with van der Waals surface area (Å²) in [4.78, 5) is 13.2. The smallest absolute Gasteiger partial charge is 0.308 e. The Morgan fingerprint density at radius 1 is 1.21 bits per heavy atom. The van der Waals surface area contributed by atoms with Gasteiger partial charge in [0, 0.05) is 18.4 Å². The third-order valence-electron chi connectivity index (χ3n) is 2.69. The fraction of sp³-hybridized carbons (Fsp3) is 0.312. The van der Waals surface area contributed by atoms with Crippen molar-refractivity contribution in [2.75, 3.05) is 6.54 Å². The zero-order valence-corrected chi connectivity index (χ0v) is 11.7. The molecule has 3 nitrogen and oxygen atoms in total. The van der Waals surface area contributed by atoms with Crippen LogP contribution in [0.2, 0.25) is 0 Å². The van der Waals surface area contributed by atoms with E-state index in [1.54, 1.807) is 11.1 Å². The van der Waals surface area contributed by atoms with Gasteiger partial charge in [-0.25, -0.2) is 4.79 Å². The number of nitrogens with one attached hydrogen (secondary N) is 1. The largest absolute Gasteiger partial charge is 0.325 e. The Morgan fingerprint density at radius 2 is 1.89 bits per heavy atom. The standard InChI is InChI=1S/C14H16N2O.C2H6/c1-12-9-11-16(14(17)15-12)10-5-8-13-6-3-2-4-7-13;1-2/h2-4,6-7,9,11H,1,5,8,10H2,(H,15,17);1-2H3. The van der Waals surface area contributed by atoms with Gasteiger partial charge in [-0.15, -0.1) is 0 Å². The van der Waals surface area contributed by atoms with Gasteiger partial charge in [-0.05, 0) is 24.5 Å². The van der Waals surface area contributed by atoms with Gasteiger partial charge in [0.2, 0.25) is 0 Å². The number of carbonyl (C=O) groups is 1. The molecular weight excluding hydrogens is 236 g/mol. The second-order valence-electron chi connectivity index (χ2n) is 4.05. The Morgan fingerprint density at radius 3 is 2.53 bits per heavy atom. The van der Waals surface area contributed by atoms with E-state index < -0.39 is 0 Å². The van der Waals surface area contributed by atoms with E-state index in [2.05, 4.69) is 24.0 Å². The monoisotopic (exact) mass is 258 g/mol. The summed E-state index contributed by atoms with van der Waals surface area (Å²) in [6, 6.07) is 10.2. The maximum Gasteiger partial charge on any atom is 0.325 e. The third kappa shape index (κ3) is 5.00. The number of allylic oxidation sites excluding steroid dienone is 1. The van der Waals surface area contributed by atoms with Crippen molar-refractivity contribution in [2.45, 2.75) is 26.7 Å². The molecule has 0 radical (unpaired) electrons. The quantitative estimate of drug-likeness (QED) is 0.877. The SMILES string of the molecule is C=C1C=CN(CCCc2ccccc2)C(=O)N1.CC. The number of rotatable bonds is 4. The van der Waals surface area contributed by atoms with E-state index in [1.807, 2.05) is 38.1 Å². The normalized spacial score (nSPS) is 13.7. The van der Waals surface area contributed by atoms with E-state index in [1.165, 1.54) is 5.56 Å². The number of benzene rings is 1. The van der Waals surface area contributed by atoms with E-state index in [-0.39, 0.29) is 6.03 Å². The van der Waals surface area contributed by atoms with Crippen molar-refractivity contribution in [3.05, 3.63) is 60.4 Å². The molecule has 1 aliphatic rings. The van der Waals surface area contributed by atoms with Crippen LogP contribution >= 0.6 is 0 Å². The molecule has 102 valence electrons. The number of hydrogen-bond donors (Lipinski definition) is 1. The second kappa shape index (κ2) is 8.14. The summed E-state index contributed by atoms with van der Waals surface area (Å²) in [7, 11) is 0. The van der Waals surface area contributed by atoms with E-state index in [0.717, 1.165) is 19.4 Å². The molecule has 1 aromatic rings. The molecule has 0 aromatic heterocycles. The lowest BCUT2D eigenvalue weighted by atomic mass is 10.1. The highest BCUT2D eigenvalue weighted by Crippen LogP contribution is 2.07. The first-order valence-electron chi connectivity index (χ1n) is 6.74. The minimum absolute atomic E-state index is 0.0921. The first-order valence-corrected chi connectivity index (χ1v) is 6.74. The van der Waals surface area contributed by atoms with Crippen molar-refractivity contribution in [3.8, 4) is 0 Å². The molecule has 0 aliphatic carbocycles. The van der Waals surface area contributed by atoms with Crippen LogP contribution in [-0.4, -0.2) is 17.5 Å². The molecular formula is C16H22N2O. The molecule has 0 fully saturated rings. The van der Waals surface area contributed by atoms with Crippen molar-refractivity contribution in [1.29, 1.82) is 0 Å². The zero-order valence-electron chi connectivity index (χ0n) is 11.7. The predicted octanol–water partition coefficient (Wildman–Crippen LogP) is 3.70. The number of urea groups is 1. The van der Waals surface area contributed by atoms with Gasteiger partial charge in [-0.2, -0.15) is 0 Å². The number of carbonyl (C=O) groups excluding carboxylic acids is 1. The molecule has 1 N–H and O–H groups in total. The number of nitrogens with zero attached hydrogens (tertiary/aromatic N) is 1. The molecule has 2 amide bonds. The summed E-state index contributed by atoms with van der Waals surface area (Å²) < 4.78 is 0. The van der Waals surface area contributed by atoms with Crippen LogP contribution in [0.15, 0.2) is 54.9 Å². The highest BCUT2D eigenvalue weighted by atomic mass is 16.2. The van der Waals surface area contributed by atoms with Gasteiger partial charge >= 0.3 is 6.03 Å². The lowest BCUT2D eigenvalue weighted by Crippen LogP contribution is -2.39. The van der Waals surface area contributed by atoms with Crippen molar-refractivity contribution >= 4 is 6.03 Å². The van der Waals surface area contributed by atoms with Gasteiger partial charge in [0.15, 0.2) is 0 Å². The van der Waals surface area contributed by atoms with Crippen molar-refractivity contribution in [2.24, 2.45) is 0 Å². The van der Waals surface area contributed by atoms with Gasteiger partial charge in [0.05, 0.1) is 0 Å². The molecule has 0 spiro atoms. The first-order chi connectivity index (χ1) is 9.25. The molecule has 0 saturated carbocycles. The summed E-state index contributed by atoms with van der Waals surface area (Å²) in [6.45, 7) is 8.41. The fourth-order valence-electron chi connectivity index (χ4n) is 1.77. The lowest BCUT2D eigenvalue weighted by molar-refractivity contribution is 0.216. The van der Waals surface area contributed by atoms with Crippen LogP contribution in [0.5, 0.6) is 0 Å². The number of amides is 2. The zero-order chi connectivity index (χ0) is 14.1. The van der Waals surface area contributed by atoms with Crippen LogP contribution in [0.3, 0.4) is 0 Å².